The zero-order valence-corrected chi connectivity index (χ0v) is 12.2. The molecule has 3 nitrogen and oxygen atoms in total. The Morgan fingerprint density at radius 3 is 2.74 bits per heavy atom. The SMILES string of the molecule is CC1(N)CCCCC1C(=O)NCC1CC2CCC1C2. The van der Waals surface area contributed by atoms with E-state index in [0.717, 1.165) is 43.6 Å². The average molecular weight is 264 g/mol. The summed E-state index contributed by atoms with van der Waals surface area (Å²) in [4.78, 5) is 12.4. The fraction of sp³-hybridized carbons (Fsp3) is 0.938. The van der Waals surface area contributed by atoms with E-state index in [9.17, 15) is 4.79 Å². The Balaban J connectivity index is 1.51. The van der Waals surface area contributed by atoms with Crippen LogP contribution in [0.25, 0.3) is 0 Å². The number of nitrogens with two attached hydrogens (primary N) is 1. The molecule has 0 saturated heterocycles. The highest BCUT2D eigenvalue weighted by Gasteiger charge is 2.41. The molecule has 0 spiro atoms. The van der Waals surface area contributed by atoms with Gasteiger partial charge in [0, 0.05) is 12.1 Å². The van der Waals surface area contributed by atoms with Gasteiger partial charge in [0.2, 0.25) is 5.91 Å². The number of carbonyl (C=O) groups is 1. The summed E-state index contributed by atoms with van der Waals surface area (Å²) < 4.78 is 0. The third kappa shape index (κ3) is 2.67. The average Bonchev–Trinajstić information content (AvgIpc) is 2.97. The Morgan fingerprint density at radius 1 is 1.26 bits per heavy atom. The lowest BCUT2D eigenvalue weighted by atomic mass is 9.74. The summed E-state index contributed by atoms with van der Waals surface area (Å²) >= 11 is 0. The largest absolute Gasteiger partial charge is 0.356 e. The van der Waals surface area contributed by atoms with E-state index in [1.165, 1.54) is 32.1 Å². The highest BCUT2D eigenvalue weighted by atomic mass is 16.1. The maximum Gasteiger partial charge on any atom is 0.224 e. The van der Waals surface area contributed by atoms with Gasteiger partial charge >= 0.3 is 0 Å². The number of rotatable bonds is 3. The van der Waals surface area contributed by atoms with Crippen LogP contribution in [0, 0.1) is 23.7 Å². The van der Waals surface area contributed by atoms with Crippen molar-refractivity contribution in [3.63, 3.8) is 0 Å². The first-order chi connectivity index (χ1) is 9.06. The quantitative estimate of drug-likeness (QED) is 0.822. The van der Waals surface area contributed by atoms with E-state index >= 15 is 0 Å². The number of hydrogen-bond acceptors (Lipinski definition) is 2. The predicted octanol–water partition coefficient (Wildman–Crippen LogP) is 2.45. The van der Waals surface area contributed by atoms with Gasteiger partial charge in [0.1, 0.15) is 0 Å². The van der Waals surface area contributed by atoms with E-state index < -0.39 is 0 Å². The molecule has 108 valence electrons. The molecule has 19 heavy (non-hydrogen) atoms. The molecule has 0 aromatic rings. The summed E-state index contributed by atoms with van der Waals surface area (Å²) in [7, 11) is 0. The van der Waals surface area contributed by atoms with Crippen LogP contribution in [0.3, 0.4) is 0 Å². The first kappa shape index (κ1) is 13.4. The topological polar surface area (TPSA) is 55.1 Å². The highest BCUT2D eigenvalue weighted by molar-refractivity contribution is 5.80. The van der Waals surface area contributed by atoms with Crippen LogP contribution < -0.4 is 11.1 Å². The molecule has 0 radical (unpaired) electrons. The van der Waals surface area contributed by atoms with Crippen LogP contribution in [0.2, 0.25) is 0 Å². The maximum atomic E-state index is 12.4. The van der Waals surface area contributed by atoms with Crippen molar-refractivity contribution in [3.05, 3.63) is 0 Å². The lowest BCUT2D eigenvalue weighted by Gasteiger charge is -2.37. The second-order valence-electron chi connectivity index (χ2n) is 7.48. The van der Waals surface area contributed by atoms with Crippen molar-refractivity contribution in [1.29, 1.82) is 0 Å². The van der Waals surface area contributed by atoms with Crippen molar-refractivity contribution in [2.45, 2.75) is 63.8 Å². The van der Waals surface area contributed by atoms with Gasteiger partial charge in [-0.1, -0.05) is 19.3 Å². The van der Waals surface area contributed by atoms with Crippen molar-refractivity contribution in [3.8, 4) is 0 Å². The Hall–Kier alpha value is -0.570. The Labute approximate surface area is 116 Å². The van der Waals surface area contributed by atoms with Gasteiger partial charge in [-0.15, -0.1) is 0 Å². The summed E-state index contributed by atoms with van der Waals surface area (Å²) in [5, 5.41) is 3.22. The molecule has 3 saturated carbocycles. The minimum Gasteiger partial charge on any atom is -0.356 e. The Bertz CT molecular complexity index is 353. The number of hydrogen-bond donors (Lipinski definition) is 2. The van der Waals surface area contributed by atoms with Crippen molar-refractivity contribution >= 4 is 5.91 Å². The molecule has 3 heteroatoms. The van der Waals surface area contributed by atoms with Crippen LogP contribution in [0.1, 0.15) is 58.3 Å². The minimum atomic E-state index is -0.295. The fourth-order valence-electron chi connectivity index (χ4n) is 4.77. The predicted molar refractivity (Wildman–Crippen MR) is 76.5 cm³/mol. The second-order valence-corrected chi connectivity index (χ2v) is 7.48. The van der Waals surface area contributed by atoms with Gasteiger partial charge < -0.3 is 11.1 Å². The van der Waals surface area contributed by atoms with Crippen LogP contribution >= 0.6 is 0 Å². The zero-order chi connectivity index (χ0) is 13.5. The van der Waals surface area contributed by atoms with Gasteiger partial charge in [0.25, 0.3) is 0 Å². The van der Waals surface area contributed by atoms with Gasteiger partial charge in [-0.05, 0) is 56.8 Å². The zero-order valence-electron chi connectivity index (χ0n) is 12.2. The normalized spacial score (nSPS) is 45.4. The lowest BCUT2D eigenvalue weighted by molar-refractivity contribution is -0.128. The summed E-state index contributed by atoms with van der Waals surface area (Å²) in [6.45, 7) is 2.94. The number of carbonyl (C=O) groups excluding carboxylic acids is 1. The third-order valence-corrected chi connectivity index (χ3v) is 5.99. The third-order valence-electron chi connectivity index (χ3n) is 5.99. The van der Waals surface area contributed by atoms with Crippen molar-refractivity contribution in [1.82, 2.24) is 5.32 Å². The molecule has 3 fully saturated rings. The van der Waals surface area contributed by atoms with Crippen LogP contribution in [-0.4, -0.2) is 18.0 Å². The molecule has 1 amide bonds. The number of fused-ring (bicyclic) bond motifs is 2. The van der Waals surface area contributed by atoms with Gasteiger partial charge in [-0.3, -0.25) is 4.79 Å². The molecule has 0 aromatic heterocycles. The molecule has 0 aliphatic heterocycles. The molecule has 5 atom stereocenters. The monoisotopic (exact) mass is 264 g/mol. The highest BCUT2D eigenvalue weighted by Crippen LogP contribution is 2.48. The number of nitrogens with one attached hydrogen (secondary N) is 1. The van der Waals surface area contributed by atoms with E-state index in [1.54, 1.807) is 0 Å². The first-order valence-electron chi connectivity index (χ1n) is 8.13. The summed E-state index contributed by atoms with van der Waals surface area (Å²) in [6, 6.07) is 0. The van der Waals surface area contributed by atoms with E-state index in [0.29, 0.717) is 0 Å². The van der Waals surface area contributed by atoms with Crippen LogP contribution in [0.5, 0.6) is 0 Å². The summed E-state index contributed by atoms with van der Waals surface area (Å²) in [6.07, 6.45) is 9.85. The first-order valence-corrected chi connectivity index (χ1v) is 8.13. The molecule has 3 aliphatic carbocycles. The van der Waals surface area contributed by atoms with E-state index in [1.807, 2.05) is 6.92 Å². The van der Waals surface area contributed by atoms with E-state index in [4.69, 9.17) is 5.73 Å². The van der Waals surface area contributed by atoms with Gasteiger partial charge in [0.05, 0.1) is 5.92 Å². The smallest absolute Gasteiger partial charge is 0.224 e. The molecule has 3 N–H and O–H groups in total. The molecular weight excluding hydrogens is 236 g/mol. The molecular formula is C16H28N2O. The van der Waals surface area contributed by atoms with Crippen LogP contribution in [0.15, 0.2) is 0 Å². The molecule has 5 unspecified atom stereocenters. The standard InChI is InChI=1S/C16H28N2O/c1-16(17)7-3-2-4-14(16)15(19)18-10-13-9-11-5-6-12(13)8-11/h11-14H,2-10,17H2,1H3,(H,18,19). The Kier molecular flexibility index (Phi) is 3.59. The lowest BCUT2D eigenvalue weighted by Crippen LogP contribution is -2.53. The van der Waals surface area contributed by atoms with Crippen molar-refractivity contribution in [2.75, 3.05) is 6.54 Å². The van der Waals surface area contributed by atoms with Crippen LogP contribution in [-0.2, 0) is 4.79 Å². The molecule has 3 rings (SSSR count). The Morgan fingerprint density at radius 2 is 2.11 bits per heavy atom. The maximum absolute atomic E-state index is 12.4. The minimum absolute atomic E-state index is 0.0276. The fourth-order valence-corrected chi connectivity index (χ4v) is 4.77. The summed E-state index contributed by atoms with van der Waals surface area (Å²) in [5.74, 6) is 2.84. The number of amides is 1. The van der Waals surface area contributed by atoms with Gasteiger partial charge in [-0.2, -0.15) is 0 Å². The molecule has 0 heterocycles. The second kappa shape index (κ2) is 5.08. The van der Waals surface area contributed by atoms with E-state index in [2.05, 4.69) is 5.32 Å². The van der Waals surface area contributed by atoms with Gasteiger partial charge in [0.15, 0.2) is 0 Å². The molecule has 0 aromatic carbocycles. The summed E-state index contributed by atoms with van der Waals surface area (Å²) in [5.41, 5.74) is 6.01. The van der Waals surface area contributed by atoms with Crippen LogP contribution in [0.4, 0.5) is 0 Å². The molecule has 3 aliphatic rings. The van der Waals surface area contributed by atoms with Crippen molar-refractivity contribution < 1.29 is 4.79 Å². The van der Waals surface area contributed by atoms with E-state index in [-0.39, 0.29) is 17.4 Å². The van der Waals surface area contributed by atoms with Crippen molar-refractivity contribution in [2.24, 2.45) is 29.4 Å². The van der Waals surface area contributed by atoms with Gasteiger partial charge in [-0.25, -0.2) is 0 Å². The molecule has 2 bridgehead atoms.